The lowest BCUT2D eigenvalue weighted by atomic mass is 9.84. The number of piperidine rings is 2. The quantitative estimate of drug-likeness (QED) is 0.831. The zero-order chi connectivity index (χ0) is 17.5. The second-order valence-corrected chi connectivity index (χ2v) is 7.74. The topological polar surface area (TPSA) is 57.3 Å². The third kappa shape index (κ3) is 5.79. The fraction of sp³-hybridized carbons (Fsp3) is 0.700. The van der Waals surface area contributed by atoms with Crippen LogP contribution in [0.2, 0.25) is 0 Å². The maximum atomic E-state index is 12.4. The first kappa shape index (κ1) is 18.3. The summed E-state index contributed by atoms with van der Waals surface area (Å²) in [5.74, 6) is 1.45. The number of likely N-dealkylation sites (tertiary alicyclic amines) is 1. The molecule has 1 amide bonds. The van der Waals surface area contributed by atoms with Crippen LogP contribution < -0.4 is 10.6 Å². The van der Waals surface area contributed by atoms with Crippen molar-refractivity contribution in [3.8, 4) is 0 Å². The maximum absolute atomic E-state index is 12.4. The summed E-state index contributed by atoms with van der Waals surface area (Å²) in [7, 11) is 0. The highest BCUT2D eigenvalue weighted by molar-refractivity contribution is 5.76. The summed E-state index contributed by atoms with van der Waals surface area (Å²) in [5, 5.41) is 6.68. The van der Waals surface area contributed by atoms with Gasteiger partial charge in [0, 0.05) is 44.5 Å². The lowest BCUT2D eigenvalue weighted by Gasteiger charge is -2.33. The second kappa shape index (κ2) is 9.30. The molecule has 1 aromatic rings. The van der Waals surface area contributed by atoms with Gasteiger partial charge in [0.1, 0.15) is 0 Å². The Kier molecular flexibility index (Phi) is 6.82. The molecule has 0 saturated carbocycles. The summed E-state index contributed by atoms with van der Waals surface area (Å²) in [6, 6.07) is 4.51. The third-order valence-corrected chi connectivity index (χ3v) is 5.80. The van der Waals surface area contributed by atoms with E-state index in [2.05, 4.69) is 39.6 Å². The number of nitrogens with zero attached hydrogens (tertiary/aromatic N) is 2. The molecule has 2 aliphatic rings. The van der Waals surface area contributed by atoms with E-state index < -0.39 is 0 Å². The normalized spacial score (nSPS) is 21.8. The van der Waals surface area contributed by atoms with Crippen molar-refractivity contribution in [1.29, 1.82) is 0 Å². The van der Waals surface area contributed by atoms with Crippen LogP contribution >= 0.6 is 0 Å². The van der Waals surface area contributed by atoms with Crippen LogP contribution in [-0.2, 0) is 11.3 Å². The number of carbonyl (C=O) groups is 1. The van der Waals surface area contributed by atoms with E-state index in [0.29, 0.717) is 24.3 Å². The molecule has 0 aliphatic carbocycles. The van der Waals surface area contributed by atoms with Gasteiger partial charge in [0.15, 0.2) is 0 Å². The van der Waals surface area contributed by atoms with Gasteiger partial charge in [-0.1, -0.05) is 6.92 Å². The summed E-state index contributed by atoms with van der Waals surface area (Å²) in [5.41, 5.74) is 1.31. The van der Waals surface area contributed by atoms with E-state index in [4.69, 9.17) is 0 Å². The van der Waals surface area contributed by atoms with Gasteiger partial charge in [-0.25, -0.2) is 0 Å². The molecule has 138 valence electrons. The fourth-order valence-corrected chi connectivity index (χ4v) is 4.14. The average Bonchev–Trinajstić information content (AvgIpc) is 2.65. The number of hydrogen-bond donors (Lipinski definition) is 2. The van der Waals surface area contributed by atoms with Gasteiger partial charge in [-0.05, 0) is 68.3 Å². The number of carbonyl (C=O) groups excluding carboxylic acids is 1. The molecule has 0 aromatic carbocycles. The van der Waals surface area contributed by atoms with Crippen molar-refractivity contribution in [3.63, 3.8) is 0 Å². The van der Waals surface area contributed by atoms with Gasteiger partial charge in [-0.3, -0.25) is 14.7 Å². The molecule has 5 heteroatoms. The molecule has 25 heavy (non-hydrogen) atoms. The molecule has 2 N–H and O–H groups in total. The number of pyridine rings is 1. The Morgan fingerprint density at radius 3 is 2.60 bits per heavy atom. The minimum Gasteiger partial charge on any atom is -0.353 e. The molecule has 3 rings (SSSR count). The van der Waals surface area contributed by atoms with Gasteiger partial charge in [-0.2, -0.15) is 0 Å². The molecule has 0 radical (unpaired) electrons. The van der Waals surface area contributed by atoms with Crippen LogP contribution in [0.25, 0.3) is 0 Å². The molecule has 2 fully saturated rings. The second-order valence-electron chi connectivity index (χ2n) is 7.74. The van der Waals surface area contributed by atoms with Crippen LogP contribution in [-0.4, -0.2) is 48.0 Å². The Morgan fingerprint density at radius 2 is 1.92 bits per heavy atom. The summed E-state index contributed by atoms with van der Waals surface area (Å²) in [6.07, 6.45) is 8.92. The van der Waals surface area contributed by atoms with Gasteiger partial charge in [-0.15, -0.1) is 0 Å². The fourth-order valence-electron chi connectivity index (χ4n) is 4.14. The van der Waals surface area contributed by atoms with Crippen molar-refractivity contribution in [1.82, 2.24) is 20.5 Å². The monoisotopic (exact) mass is 344 g/mol. The van der Waals surface area contributed by atoms with E-state index in [1.807, 2.05) is 12.4 Å². The first-order valence-electron chi connectivity index (χ1n) is 9.82. The molecule has 0 bridgehead atoms. The molecule has 1 aromatic heterocycles. The van der Waals surface area contributed by atoms with Gasteiger partial charge in [0.05, 0.1) is 0 Å². The van der Waals surface area contributed by atoms with E-state index in [1.165, 1.54) is 18.4 Å². The van der Waals surface area contributed by atoms with E-state index in [1.54, 1.807) is 0 Å². The van der Waals surface area contributed by atoms with Crippen LogP contribution in [0, 0.1) is 11.8 Å². The highest BCUT2D eigenvalue weighted by Gasteiger charge is 2.24. The van der Waals surface area contributed by atoms with Gasteiger partial charge in [0.2, 0.25) is 5.91 Å². The van der Waals surface area contributed by atoms with Crippen molar-refractivity contribution >= 4 is 5.91 Å². The van der Waals surface area contributed by atoms with Crippen molar-refractivity contribution in [2.75, 3.05) is 26.2 Å². The smallest absolute Gasteiger partial charge is 0.220 e. The lowest BCUT2D eigenvalue weighted by Crippen LogP contribution is -2.45. The minimum atomic E-state index is 0.249. The number of hydrogen-bond acceptors (Lipinski definition) is 4. The van der Waals surface area contributed by atoms with Crippen LogP contribution in [0.3, 0.4) is 0 Å². The van der Waals surface area contributed by atoms with Gasteiger partial charge < -0.3 is 10.6 Å². The Hall–Kier alpha value is -1.46. The summed E-state index contributed by atoms with van der Waals surface area (Å²) >= 11 is 0. The SMILES string of the molecule is CC(CC(=O)NC1CCN(Cc2ccncc2)CC1)C1CCNCC1. The first-order valence-corrected chi connectivity index (χ1v) is 9.82. The molecule has 1 atom stereocenters. The number of rotatable bonds is 6. The molecule has 2 aliphatic heterocycles. The van der Waals surface area contributed by atoms with Crippen molar-refractivity contribution in [2.45, 2.75) is 51.6 Å². The zero-order valence-corrected chi connectivity index (χ0v) is 15.4. The zero-order valence-electron chi connectivity index (χ0n) is 15.4. The molecule has 1 unspecified atom stereocenters. The Balaban J connectivity index is 1.36. The summed E-state index contributed by atoms with van der Waals surface area (Å²) < 4.78 is 0. The largest absolute Gasteiger partial charge is 0.353 e. The molecular weight excluding hydrogens is 312 g/mol. The van der Waals surface area contributed by atoms with E-state index in [9.17, 15) is 4.79 Å². The maximum Gasteiger partial charge on any atom is 0.220 e. The molecule has 3 heterocycles. The van der Waals surface area contributed by atoms with Crippen molar-refractivity contribution in [3.05, 3.63) is 30.1 Å². The minimum absolute atomic E-state index is 0.249. The Labute approximate surface area is 151 Å². The van der Waals surface area contributed by atoms with E-state index in [0.717, 1.165) is 45.6 Å². The predicted octanol–water partition coefficient (Wildman–Crippen LogP) is 2.19. The number of nitrogens with one attached hydrogen (secondary N) is 2. The molecular formula is C20H32N4O. The summed E-state index contributed by atoms with van der Waals surface area (Å²) in [6.45, 7) is 7.54. The third-order valence-electron chi connectivity index (χ3n) is 5.80. The predicted molar refractivity (Wildman–Crippen MR) is 100 cm³/mol. The first-order chi connectivity index (χ1) is 12.2. The Bertz CT molecular complexity index is 522. The van der Waals surface area contributed by atoms with Crippen LogP contribution in [0.4, 0.5) is 0 Å². The van der Waals surface area contributed by atoms with Crippen LogP contribution in [0.1, 0.15) is 44.6 Å². The highest BCUT2D eigenvalue weighted by atomic mass is 16.1. The number of aromatic nitrogens is 1. The highest BCUT2D eigenvalue weighted by Crippen LogP contribution is 2.24. The molecule has 5 nitrogen and oxygen atoms in total. The van der Waals surface area contributed by atoms with E-state index >= 15 is 0 Å². The molecule has 0 spiro atoms. The van der Waals surface area contributed by atoms with Crippen LogP contribution in [0.5, 0.6) is 0 Å². The van der Waals surface area contributed by atoms with Crippen molar-refractivity contribution in [2.24, 2.45) is 11.8 Å². The standard InChI is InChI=1S/C20H32N4O/c1-16(18-4-10-22-11-5-18)14-20(25)23-19-6-12-24(13-7-19)15-17-2-8-21-9-3-17/h2-3,8-9,16,18-19,22H,4-7,10-15H2,1H3,(H,23,25). The van der Waals surface area contributed by atoms with Gasteiger partial charge in [0.25, 0.3) is 0 Å². The number of amides is 1. The van der Waals surface area contributed by atoms with Gasteiger partial charge >= 0.3 is 0 Å². The van der Waals surface area contributed by atoms with Crippen LogP contribution in [0.15, 0.2) is 24.5 Å². The molecule has 2 saturated heterocycles. The Morgan fingerprint density at radius 1 is 1.24 bits per heavy atom. The van der Waals surface area contributed by atoms with Crippen molar-refractivity contribution < 1.29 is 4.79 Å². The van der Waals surface area contributed by atoms with E-state index in [-0.39, 0.29) is 5.91 Å². The average molecular weight is 345 g/mol. The summed E-state index contributed by atoms with van der Waals surface area (Å²) in [4.78, 5) is 18.9. The lowest BCUT2D eigenvalue weighted by molar-refractivity contribution is -0.123.